The van der Waals surface area contributed by atoms with Gasteiger partial charge in [0.25, 0.3) is 0 Å². The lowest BCUT2D eigenvalue weighted by Gasteiger charge is -2.07. The van der Waals surface area contributed by atoms with Crippen LogP contribution in [0.2, 0.25) is 5.02 Å². The Labute approximate surface area is 150 Å². The van der Waals surface area contributed by atoms with Gasteiger partial charge in [-0.15, -0.1) is 0 Å². The number of amides is 1. The quantitative estimate of drug-likeness (QED) is 0.692. The van der Waals surface area contributed by atoms with Crippen LogP contribution >= 0.6 is 11.6 Å². The predicted octanol–water partition coefficient (Wildman–Crippen LogP) is 2.82. The van der Waals surface area contributed by atoms with E-state index in [2.05, 4.69) is 20.3 Å². The average Bonchev–Trinajstić information content (AvgIpc) is 3.10. The summed E-state index contributed by atoms with van der Waals surface area (Å²) in [6, 6.07) is 9.10. The number of carbonyl (C=O) groups is 1. The Morgan fingerprint density at radius 2 is 1.92 bits per heavy atom. The van der Waals surface area contributed by atoms with E-state index in [-0.39, 0.29) is 5.91 Å². The summed E-state index contributed by atoms with van der Waals surface area (Å²) < 4.78 is 1.90. The van der Waals surface area contributed by atoms with Gasteiger partial charge in [0.05, 0.1) is 0 Å². The Morgan fingerprint density at radius 3 is 2.72 bits per heavy atom. The summed E-state index contributed by atoms with van der Waals surface area (Å²) in [6.07, 6.45) is 10.0. The maximum atomic E-state index is 11.9. The number of hydrogen-bond donors (Lipinski definition) is 1. The molecule has 1 amide bonds. The minimum Gasteiger partial charge on any atom is -0.351 e. The van der Waals surface area contributed by atoms with Crippen molar-refractivity contribution >= 4 is 23.6 Å². The number of halogens is 1. The highest BCUT2D eigenvalue weighted by Gasteiger charge is 2.08. The standard InChI is InChI=1S/C18H16ClN5O/c19-15-5-2-1-4-14(15)6-7-16(25)20-10-12-24-13-11-23-18(24)17-21-8-3-9-22-17/h1-9,11,13H,10,12H2,(H,20,25). The van der Waals surface area contributed by atoms with Crippen molar-refractivity contribution in [3.63, 3.8) is 0 Å². The van der Waals surface area contributed by atoms with Crippen LogP contribution < -0.4 is 5.32 Å². The topological polar surface area (TPSA) is 72.7 Å². The summed E-state index contributed by atoms with van der Waals surface area (Å²) in [7, 11) is 0. The molecule has 0 spiro atoms. The molecule has 6 nitrogen and oxygen atoms in total. The van der Waals surface area contributed by atoms with E-state index >= 15 is 0 Å². The lowest BCUT2D eigenvalue weighted by atomic mass is 10.2. The first kappa shape index (κ1) is 16.9. The zero-order valence-electron chi connectivity index (χ0n) is 13.3. The van der Waals surface area contributed by atoms with Crippen LogP contribution in [-0.2, 0) is 11.3 Å². The van der Waals surface area contributed by atoms with Gasteiger partial charge in [0.1, 0.15) is 0 Å². The van der Waals surface area contributed by atoms with Gasteiger partial charge in [-0.05, 0) is 23.8 Å². The molecule has 0 aliphatic carbocycles. The van der Waals surface area contributed by atoms with Crippen LogP contribution in [-0.4, -0.2) is 32.0 Å². The second kappa shape index (κ2) is 8.21. The summed E-state index contributed by atoms with van der Waals surface area (Å²) >= 11 is 6.05. The number of nitrogens with zero attached hydrogens (tertiary/aromatic N) is 4. The third-order valence-corrected chi connectivity index (χ3v) is 3.80. The zero-order chi connectivity index (χ0) is 17.5. The predicted molar refractivity (Wildman–Crippen MR) is 96.7 cm³/mol. The molecule has 2 heterocycles. The third-order valence-electron chi connectivity index (χ3n) is 3.45. The Hall–Kier alpha value is -2.99. The van der Waals surface area contributed by atoms with Crippen LogP contribution in [0.1, 0.15) is 5.56 Å². The maximum Gasteiger partial charge on any atom is 0.244 e. The van der Waals surface area contributed by atoms with Crippen LogP contribution in [0.4, 0.5) is 0 Å². The Bertz CT molecular complexity index is 876. The van der Waals surface area contributed by atoms with E-state index < -0.39 is 0 Å². The molecule has 1 N–H and O–H groups in total. The molecular formula is C18H16ClN5O. The second-order valence-corrected chi connectivity index (χ2v) is 5.57. The summed E-state index contributed by atoms with van der Waals surface area (Å²) in [6.45, 7) is 1.03. The van der Waals surface area contributed by atoms with Crippen molar-refractivity contribution in [3.8, 4) is 11.6 Å². The van der Waals surface area contributed by atoms with Gasteiger partial charge in [0.2, 0.25) is 5.91 Å². The number of carbonyl (C=O) groups excluding carboxylic acids is 1. The molecule has 25 heavy (non-hydrogen) atoms. The van der Waals surface area contributed by atoms with Gasteiger partial charge in [0, 0.05) is 49.0 Å². The van der Waals surface area contributed by atoms with Crippen molar-refractivity contribution < 1.29 is 4.79 Å². The van der Waals surface area contributed by atoms with Crippen LogP contribution in [0.15, 0.2) is 61.2 Å². The smallest absolute Gasteiger partial charge is 0.244 e. The van der Waals surface area contributed by atoms with Crippen LogP contribution in [0.3, 0.4) is 0 Å². The number of hydrogen-bond acceptors (Lipinski definition) is 4. The first-order chi connectivity index (χ1) is 12.2. The van der Waals surface area contributed by atoms with Crippen molar-refractivity contribution in [2.75, 3.05) is 6.54 Å². The normalized spacial score (nSPS) is 10.9. The van der Waals surface area contributed by atoms with Crippen molar-refractivity contribution in [1.29, 1.82) is 0 Å². The monoisotopic (exact) mass is 353 g/mol. The fourth-order valence-corrected chi connectivity index (χ4v) is 2.44. The van der Waals surface area contributed by atoms with Crippen molar-refractivity contribution in [3.05, 3.63) is 71.8 Å². The van der Waals surface area contributed by atoms with E-state index in [1.165, 1.54) is 6.08 Å². The van der Waals surface area contributed by atoms with Crippen molar-refractivity contribution in [2.45, 2.75) is 6.54 Å². The fourth-order valence-electron chi connectivity index (χ4n) is 2.24. The average molecular weight is 354 g/mol. The molecule has 0 aliphatic heterocycles. The first-order valence-electron chi connectivity index (χ1n) is 7.73. The van der Waals surface area contributed by atoms with Crippen molar-refractivity contribution in [2.24, 2.45) is 0 Å². The van der Waals surface area contributed by atoms with Crippen molar-refractivity contribution in [1.82, 2.24) is 24.8 Å². The van der Waals surface area contributed by atoms with Crippen LogP contribution in [0.25, 0.3) is 17.7 Å². The molecule has 0 saturated heterocycles. The van der Waals surface area contributed by atoms with E-state index in [0.717, 1.165) is 5.56 Å². The van der Waals surface area contributed by atoms with E-state index in [0.29, 0.717) is 29.8 Å². The number of imidazole rings is 1. The zero-order valence-corrected chi connectivity index (χ0v) is 14.1. The highest BCUT2D eigenvalue weighted by atomic mass is 35.5. The minimum absolute atomic E-state index is 0.183. The molecular weight excluding hydrogens is 338 g/mol. The molecule has 0 saturated carbocycles. The van der Waals surface area contributed by atoms with E-state index in [9.17, 15) is 4.79 Å². The third kappa shape index (κ3) is 4.51. The highest BCUT2D eigenvalue weighted by molar-refractivity contribution is 6.32. The number of rotatable bonds is 6. The van der Waals surface area contributed by atoms with Crippen LogP contribution in [0, 0.1) is 0 Å². The highest BCUT2D eigenvalue weighted by Crippen LogP contribution is 2.16. The van der Waals surface area contributed by atoms with Gasteiger partial charge in [-0.25, -0.2) is 15.0 Å². The molecule has 0 unspecified atom stereocenters. The Morgan fingerprint density at radius 1 is 1.12 bits per heavy atom. The SMILES string of the molecule is O=C(C=Cc1ccccc1Cl)NCCn1ccnc1-c1ncccn1. The van der Waals surface area contributed by atoms with E-state index in [4.69, 9.17) is 11.6 Å². The van der Waals surface area contributed by atoms with Gasteiger partial charge < -0.3 is 9.88 Å². The summed E-state index contributed by atoms with van der Waals surface area (Å²) in [5.74, 6) is 1.04. The number of benzene rings is 1. The molecule has 0 radical (unpaired) electrons. The molecule has 2 aromatic heterocycles. The Kier molecular flexibility index (Phi) is 5.53. The molecule has 0 atom stereocenters. The van der Waals surface area contributed by atoms with E-state index in [1.54, 1.807) is 36.8 Å². The lowest BCUT2D eigenvalue weighted by molar-refractivity contribution is -0.116. The summed E-state index contributed by atoms with van der Waals surface area (Å²) in [5.41, 5.74) is 0.803. The molecule has 1 aromatic carbocycles. The molecule has 126 valence electrons. The van der Waals surface area contributed by atoms with Crippen LogP contribution in [0.5, 0.6) is 0 Å². The van der Waals surface area contributed by atoms with E-state index in [1.807, 2.05) is 29.0 Å². The van der Waals surface area contributed by atoms with Gasteiger partial charge in [0.15, 0.2) is 11.6 Å². The van der Waals surface area contributed by atoms with Gasteiger partial charge in [-0.3, -0.25) is 4.79 Å². The summed E-state index contributed by atoms with van der Waals surface area (Å²) in [4.78, 5) is 24.6. The molecule has 7 heteroatoms. The second-order valence-electron chi connectivity index (χ2n) is 5.16. The maximum absolute atomic E-state index is 11.9. The molecule has 3 rings (SSSR count). The molecule has 0 bridgehead atoms. The molecule has 0 aliphatic rings. The molecule has 0 fully saturated rings. The fraction of sp³-hybridized carbons (Fsp3) is 0.111. The number of aromatic nitrogens is 4. The van der Waals surface area contributed by atoms with Gasteiger partial charge in [-0.2, -0.15) is 0 Å². The first-order valence-corrected chi connectivity index (χ1v) is 8.11. The largest absolute Gasteiger partial charge is 0.351 e. The van der Waals surface area contributed by atoms with Gasteiger partial charge in [-0.1, -0.05) is 29.8 Å². The lowest BCUT2D eigenvalue weighted by Crippen LogP contribution is -2.25. The minimum atomic E-state index is -0.183. The summed E-state index contributed by atoms with van der Waals surface area (Å²) in [5, 5.41) is 3.44. The Balaban J connectivity index is 1.55. The molecule has 3 aromatic rings. The van der Waals surface area contributed by atoms with Gasteiger partial charge >= 0.3 is 0 Å². The number of nitrogens with one attached hydrogen (secondary N) is 1.